The molecule has 5 nitrogen and oxygen atoms in total. The molecule has 5 heteroatoms. The number of hydrogen-bond acceptors (Lipinski definition) is 5. The third kappa shape index (κ3) is 3.38. The molecule has 0 atom stereocenters. The standard InChI is InChI=1S/C15H17NO4/c1-18-13-8-4-3-7-12(13)14-10-11(16-20-14)6-5-9-15(17)19-2/h3-4,7-8,10H,5-6,9H2,1-2H3. The Hall–Kier alpha value is -2.30. The molecule has 1 aromatic heterocycles. The van der Waals surface area contributed by atoms with Crippen LogP contribution in [0, 0.1) is 0 Å². The fourth-order valence-corrected chi connectivity index (χ4v) is 1.92. The summed E-state index contributed by atoms with van der Waals surface area (Å²) in [6.45, 7) is 0. The van der Waals surface area contributed by atoms with Gasteiger partial charge >= 0.3 is 5.97 Å². The van der Waals surface area contributed by atoms with Crippen molar-refractivity contribution < 1.29 is 18.8 Å². The molecule has 0 saturated carbocycles. The highest BCUT2D eigenvalue weighted by atomic mass is 16.5. The monoisotopic (exact) mass is 275 g/mol. The van der Waals surface area contributed by atoms with Crippen LogP contribution in [0.15, 0.2) is 34.9 Å². The number of aromatic nitrogens is 1. The number of aryl methyl sites for hydroxylation is 1. The second-order valence-electron chi connectivity index (χ2n) is 4.31. The third-order valence-electron chi connectivity index (χ3n) is 2.97. The summed E-state index contributed by atoms with van der Waals surface area (Å²) in [4.78, 5) is 11.0. The minimum Gasteiger partial charge on any atom is -0.496 e. The Morgan fingerprint density at radius 2 is 2.10 bits per heavy atom. The number of rotatable bonds is 6. The van der Waals surface area contributed by atoms with Crippen molar-refractivity contribution in [3.8, 4) is 17.1 Å². The Morgan fingerprint density at radius 1 is 1.30 bits per heavy atom. The van der Waals surface area contributed by atoms with Crippen LogP contribution in [0.3, 0.4) is 0 Å². The molecule has 20 heavy (non-hydrogen) atoms. The lowest BCUT2D eigenvalue weighted by Gasteiger charge is -2.03. The Kier molecular flexibility index (Phi) is 4.76. The molecule has 0 bridgehead atoms. The first-order chi connectivity index (χ1) is 9.74. The van der Waals surface area contributed by atoms with Gasteiger partial charge in [-0.3, -0.25) is 4.79 Å². The van der Waals surface area contributed by atoms with Crippen molar-refractivity contribution in [3.63, 3.8) is 0 Å². The van der Waals surface area contributed by atoms with Gasteiger partial charge in [-0.15, -0.1) is 0 Å². The van der Waals surface area contributed by atoms with Crippen LogP contribution in [0.25, 0.3) is 11.3 Å². The summed E-state index contributed by atoms with van der Waals surface area (Å²) in [6.07, 6.45) is 1.74. The molecule has 0 unspecified atom stereocenters. The van der Waals surface area contributed by atoms with Gasteiger partial charge in [0.25, 0.3) is 0 Å². The zero-order valence-electron chi connectivity index (χ0n) is 11.6. The number of nitrogens with zero attached hydrogens (tertiary/aromatic N) is 1. The SMILES string of the molecule is COC(=O)CCCc1cc(-c2ccccc2OC)on1. The van der Waals surface area contributed by atoms with E-state index in [0.717, 1.165) is 17.0 Å². The molecule has 2 rings (SSSR count). The van der Waals surface area contributed by atoms with Crippen LogP contribution in [-0.2, 0) is 16.0 Å². The Balaban J connectivity index is 2.03. The van der Waals surface area contributed by atoms with E-state index in [1.54, 1.807) is 7.11 Å². The van der Waals surface area contributed by atoms with Gasteiger partial charge in [-0.1, -0.05) is 17.3 Å². The van der Waals surface area contributed by atoms with Gasteiger partial charge in [0.15, 0.2) is 5.76 Å². The summed E-state index contributed by atoms with van der Waals surface area (Å²) in [7, 11) is 3.00. The molecule has 106 valence electrons. The molecule has 0 amide bonds. The Labute approximate surface area is 117 Å². The molecule has 1 aromatic carbocycles. The molecule has 0 radical (unpaired) electrons. The lowest BCUT2D eigenvalue weighted by Crippen LogP contribution is -2.00. The fraction of sp³-hybridized carbons (Fsp3) is 0.333. The lowest BCUT2D eigenvalue weighted by atomic mass is 10.1. The number of esters is 1. The number of carbonyl (C=O) groups excluding carboxylic acids is 1. The molecule has 0 aliphatic carbocycles. The quantitative estimate of drug-likeness (QED) is 0.759. The number of benzene rings is 1. The highest BCUT2D eigenvalue weighted by Gasteiger charge is 2.11. The third-order valence-corrected chi connectivity index (χ3v) is 2.97. The van der Waals surface area contributed by atoms with E-state index in [9.17, 15) is 4.79 Å². The first-order valence-corrected chi connectivity index (χ1v) is 6.40. The summed E-state index contributed by atoms with van der Waals surface area (Å²) in [5, 5.41) is 4.01. The van der Waals surface area contributed by atoms with Gasteiger partial charge in [0.05, 0.1) is 25.5 Å². The lowest BCUT2D eigenvalue weighted by molar-refractivity contribution is -0.140. The first-order valence-electron chi connectivity index (χ1n) is 6.40. The average molecular weight is 275 g/mol. The molecule has 2 aromatic rings. The van der Waals surface area contributed by atoms with E-state index in [2.05, 4.69) is 9.89 Å². The van der Waals surface area contributed by atoms with Gasteiger partial charge in [-0.25, -0.2) is 0 Å². The van der Waals surface area contributed by atoms with E-state index in [1.165, 1.54) is 7.11 Å². The van der Waals surface area contributed by atoms with E-state index in [-0.39, 0.29) is 5.97 Å². The van der Waals surface area contributed by atoms with Crippen LogP contribution in [0.2, 0.25) is 0 Å². The van der Waals surface area contributed by atoms with Crippen LogP contribution in [0.5, 0.6) is 5.75 Å². The highest BCUT2D eigenvalue weighted by Crippen LogP contribution is 2.30. The Morgan fingerprint density at radius 3 is 2.85 bits per heavy atom. The van der Waals surface area contributed by atoms with Gasteiger partial charge in [0.1, 0.15) is 5.75 Å². The molecular formula is C15H17NO4. The summed E-state index contributed by atoms with van der Waals surface area (Å²) < 4.78 is 15.2. The molecule has 0 fully saturated rings. The topological polar surface area (TPSA) is 61.6 Å². The first kappa shape index (κ1) is 14.1. The minimum absolute atomic E-state index is 0.210. The fourth-order valence-electron chi connectivity index (χ4n) is 1.92. The normalized spacial score (nSPS) is 10.3. The Bertz CT molecular complexity index is 577. The summed E-state index contributed by atoms with van der Waals surface area (Å²) in [6, 6.07) is 9.47. The van der Waals surface area contributed by atoms with E-state index in [4.69, 9.17) is 9.26 Å². The van der Waals surface area contributed by atoms with Crippen molar-refractivity contribution >= 4 is 5.97 Å². The summed E-state index contributed by atoms with van der Waals surface area (Å²) in [5.41, 5.74) is 1.68. The van der Waals surface area contributed by atoms with Gasteiger partial charge in [-0.05, 0) is 25.0 Å². The van der Waals surface area contributed by atoms with E-state index in [1.807, 2.05) is 30.3 Å². The molecule has 0 aliphatic rings. The maximum atomic E-state index is 11.0. The molecule has 0 spiro atoms. The molecule has 0 N–H and O–H groups in total. The van der Waals surface area contributed by atoms with Gasteiger partial charge in [0, 0.05) is 12.5 Å². The maximum Gasteiger partial charge on any atom is 0.305 e. The molecule has 1 heterocycles. The number of ether oxygens (including phenoxy) is 2. The molecule has 0 saturated heterocycles. The van der Waals surface area contributed by atoms with E-state index in [0.29, 0.717) is 25.0 Å². The number of methoxy groups -OCH3 is 2. The molecule has 0 aliphatic heterocycles. The zero-order chi connectivity index (χ0) is 14.4. The summed E-state index contributed by atoms with van der Waals surface area (Å²) >= 11 is 0. The summed E-state index contributed by atoms with van der Waals surface area (Å²) in [5.74, 6) is 1.19. The number of carbonyl (C=O) groups is 1. The van der Waals surface area contributed by atoms with E-state index < -0.39 is 0 Å². The molecular weight excluding hydrogens is 258 g/mol. The van der Waals surface area contributed by atoms with E-state index >= 15 is 0 Å². The highest BCUT2D eigenvalue weighted by molar-refractivity contribution is 5.69. The van der Waals surface area contributed by atoms with Crippen LogP contribution in [-0.4, -0.2) is 25.3 Å². The van der Waals surface area contributed by atoms with Crippen molar-refractivity contribution in [1.82, 2.24) is 5.16 Å². The van der Waals surface area contributed by atoms with Crippen molar-refractivity contribution in [3.05, 3.63) is 36.0 Å². The number of para-hydroxylation sites is 1. The van der Waals surface area contributed by atoms with Crippen molar-refractivity contribution in [1.29, 1.82) is 0 Å². The van der Waals surface area contributed by atoms with Gasteiger partial charge in [-0.2, -0.15) is 0 Å². The van der Waals surface area contributed by atoms with Crippen molar-refractivity contribution in [2.24, 2.45) is 0 Å². The van der Waals surface area contributed by atoms with Gasteiger partial charge < -0.3 is 14.0 Å². The van der Waals surface area contributed by atoms with Crippen molar-refractivity contribution in [2.75, 3.05) is 14.2 Å². The van der Waals surface area contributed by atoms with Crippen LogP contribution in [0.4, 0.5) is 0 Å². The maximum absolute atomic E-state index is 11.0. The minimum atomic E-state index is -0.210. The second kappa shape index (κ2) is 6.75. The number of hydrogen-bond donors (Lipinski definition) is 0. The van der Waals surface area contributed by atoms with Crippen LogP contribution in [0.1, 0.15) is 18.5 Å². The average Bonchev–Trinajstić information content (AvgIpc) is 2.95. The zero-order valence-corrected chi connectivity index (χ0v) is 11.6. The second-order valence-corrected chi connectivity index (χ2v) is 4.31. The predicted molar refractivity (Wildman–Crippen MR) is 73.4 cm³/mol. The van der Waals surface area contributed by atoms with Crippen LogP contribution >= 0.6 is 0 Å². The van der Waals surface area contributed by atoms with Crippen molar-refractivity contribution in [2.45, 2.75) is 19.3 Å². The largest absolute Gasteiger partial charge is 0.496 e. The van der Waals surface area contributed by atoms with Gasteiger partial charge in [0.2, 0.25) is 0 Å². The smallest absolute Gasteiger partial charge is 0.305 e. The predicted octanol–water partition coefficient (Wildman–Crippen LogP) is 2.85. The van der Waals surface area contributed by atoms with Crippen LogP contribution < -0.4 is 4.74 Å².